The van der Waals surface area contributed by atoms with Gasteiger partial charge in [0, 0.05) is 24.8 Å². The van der Waals surface area contributed by atoms with Crippen molar-refractivity contribution in [1.82, 2.24) is 0 Å². The third kappa shape index (κ3) is 2.25. The fraction of sp³-hybridized carbons (Fsp3) is 0.364. The van der Waals surface area contributed by atoms with Crippen molar-refractivity contribution >= 4 is 11.5 Å². The topological polar surface area (TPSA) is 53.1 Å². The Hall–Kier alpha value is -1.51. The molecule has 0 amide bonds. The molecule has 14 heavy (non-hydrogen) atoms. The highest BCUT2D eigenvalue weighted by atomic mass is 15.1. The lowest BCUT2D eigenvalue weighted by atomic mass is 10.1. The summed E-state index contributed by atoms with van der Waals surface area (Å²) in [5.74, 6) is 0.128. The van der Waals surface area contributed by atoms with Crippen LogP contribution in [0.25, 0.3) is 0 Å². The number of benzene rings is 1. The molecule has 3 heteroatoms. The van der Waals surface area contributed by atoms with Gasteiger partial charge in [0.1, 0.15) is 5.84 Å². The van der Waals surface area contributed by atoms with E-state index in [9.17, 15) is 0 Å². The molecule has 3 nitrogen and oxygen atoms in total. The van der Waals surface area contributed by atoms with Gasteiger partial charge in [-0.2, -0.15) is 0 Å². The summed E-state index contributed by atoms with van der Waals surface area (Å²) in [4.78, 5) is 2.12. The number of nitrogens with two attached hydrogens (primary N) is 1. The van der Waals surface area contributed by atoms with Crippen molar-refractivity contribution in [3.8, 4) is 0 Å². The van der Waals surface area contributed by atoms with Crippen LogP contribution >= 0.6 is 0 Å². The first-order chi connectivity index (χ1) is 6.66. The van der Waals surface area contributed by atoms with E-state index in [4.69, 9.17) is 11.1 Å². The summed E-state index contributed by atoms with van der Waals surface area (Å²) in [5, 5.41) is 7.45. The number of anilines is 1. The third-order valence-electron chi connectivity index (χ3n) is 2.16. The lowest BCUT2D eigenvalue weighted by Gasteiger charge is -2.21. The van der Waals surface area contributed by atoms with Gasteiger partial charge in [-0.1, -0.05) is 19.1 Å². The van der Waals surface area contributed by atoms with Crippen molar-refractivity contribution in [2.24, 2.45) is 5.73 Å². The van der Waals surface area contributed by atoms with E-state index in [-0.39, 0.29) is 5.84 Å². The van der Waals surface area contributed by atoms with Crippen molar-refractivity contribution in [2.75, 3.05) is 18.5 Å². The Balaban J connectivity index is 3.00. The minimum absolute atomic E-state index is 0.128. The van der Waals surface area contributed by atoms with Gasteiger partial charge >= 0.3 is 0 Å². The maximum atomic E-state index is 7.45. The normalized spacial score (nSPS) is 9.86. The van der Waals surface area contributed by atoms with Crippen molar-refractivity contribution in [3.63, 3.8) is 0 Å². The molecule has 0 saturated carbocycles. The van der Waals surface area contributed by atoms with E-state index in [0.717, 1.165) is 24.2 Å². The van der Waals surface area contributed by atoms with Crippen LogP contribution in [-0.4, -0.2) is 19.4 Å². The number of hydrogen-bond donors (Lipinski definition) is 2. The van der Waals surface area contributed by atoms with Gasteiger partial charge in [0.15, 0.2) is 0 Å². The predicted octanol–water partition coefficient (Wildman–Crippen LogP) is 1.82. The Morgan fingerprint density at radius 2 is 2.07 bits per heavy atom. The molecule has 1 aromatic rings. The second-order valence-corrected chi connectivity index (χ2v) is 3.35. The zero-order valence-corrected chi connectivity index (χ0v) is 8.75. The molecule has 0 spiro atoms. The molecule has 0 radical (unpaired) electrons. The molecule has 0 aliphatic carbocycles. The summed E-state index contributed by atoms with van der Waals surface area (Å²) in [6.07, 6.45) is 1.09. The van der Waals surface area contributed by atoms with Crippen LogP contribution in [0.15, 0.2) is 24.3 Å². The highest BCUT2D eigenvalue weighted by molar-refractivity contribution is 6.00. The Morgan fingerprint density at radius 3 is 2.64 bits per heavy atom. The number of para-hydroxylation sites is 1. The standard InChI is InChI=1S/C11H17N3/c1-3-8-14(2)10-7-5-4-6-9(10)11(12)13/h4-7H,3,8H2,1-2H3,(H3,12,13). The maximum absolute atomic E-state index is 7.45. The number of amidine groups is 1. The second kappa shape index (κ2) is 4.65. The lowest BCUT2D eigenvalue weighted by molar-refractivity contribution is 0.851. The van der Waals surface area contributed by atoms with E-state index < -0.39 is 0 Å². The summed E-state index contributed by atoms with van der Waals surface area (Å²) in [7, 11) is 2.02. The smallest absolute Gasteiger partial charge is 0.124 e. The van der Waals surface area contributed by atoms with Crippen molar-refractivity contribution in [2.45, 2.75) is 13.3 Å². The van der Waals surface area contributed by atoms with E-state index in [1.165, 1.54) is 0 Å². The minimum atomic E-state index is 0.128. The molecule has 0 aliphatic heterocycles. The van der Waals surface area contributed by atoms with Crippen LogP contribution in [0, 0.1) is 5.41 Å². The molecule has 0 bridgehead atoms. The van der Waals surface area contributed by atoms with Gasteiger partial charge in [0.05, 0.1) is 0 Å². The number of rotatable bonds is 4. The fourth-order valence-electron chi connectivity index (χ4n) is 1.49. The zero-order chi connectivity index (χ0) is 10.6. The summed E-state index contributed by atoms with van der Waals surface area (Å²) in [6, 6.07) is 7.74. The molecule has 1 rings (SSSR count). The first-order valence-corrected chi connectivity index (χ1v) is 4.81. The molecule has 0 unspecified atom stereocenters. The van der Waals surface area contributed by atoms with E-state index >= 15 is 0 Å². The Labute approximate surface area is 85.0 Å². The van der Waals surface area contributed by atoms with Crippen LogP contribution in [0.2, 0.25) is 0 Å². The summed E-state index contributed by atoms with van der Waals surface area (Å²) in [6.45, 7) is 3.11. The predicted molar refractivity (Wildman–Crippen MR) is 61.0 cm³/mol. The molecule has 76 valence electrons. The molecule has 0 aromatic heterocycles. The molecular weight excluding hydrogens is 174 g/mol. The first-order valence-electron chi connectivity index (χ1n) is 4.81. The number of nitrogen functional groups attached to an aromatic ring is 1. The molecule has 0 fully saturated rings. The van der Waals surface area contributed by atoms with Crippen LogP contribution < -0.4 is 10.6 Å². The monoisotopic (exact) mass is 191 g/mol. The number of hydrogen-bond acceptors (Lipinski definition) is 2. The molecular formula is C11H17N3. The highest BCUT2D eigenvalue weighted by Crippen LogP contribution is 2.18. The summed E-state index contributed by atoms with van der Waals surface area (Å²) >= 11 is 0. The SMILES string of the molecule is CCCN(C)c1ccccc1C(=N)N. The molecule has 1 aromatic carbocycles. The minimum Gasteiger partial charge on any atom is -0.384 e. The average Bonchev–Trinajstić information content (AvgIpc) is 2.18. The second-order valence-electron chi connectivity index (χ2n) is 3.35. The highest BCUT2D eigenvalue weighted by Gasteiger charge is 2.07. The fourth-order valence-corrected chi connectivity index (χ4v) is 1.49. The molecule has 0 heterocycles. The molecule has 0 aliphatic rings. The summed E-state index contributed by atoms with van der Waals surface area (Å²) in [5.41, 5.74) is 7.34. The van der Waals surface area contributed by atoms with Gasteiger partial charge in [0.2, 0.25) is 0 Å². The summed E-state index contributed by atoms with van der Waals surface area (Å²) < 4.78 is 0. The van der Waals surface area contributed by atoms with E-state index in [1.807, 2.05) is 31.3 Å². The van der Waals surface area contributed by atoms with Crippen LogP contribution in [0.4, 0.5) is 5.69 Å². The maximum Gasteiger partial charge on any atom is 0.124 e. The molecule has 0 saturated heterocycles. The van der Waals surface area contributed by atoms with Gasteiger partial charge in [-0.3, -0.25) is 5.41 Å². The van der Waals surface area contributed by atoms with E-state index in [2.05, 4.69) is 11.8 Å². The number of nitrogens with zero attached hydrogens (tertiary/aromatic N) is 1. The Bertz CT molecular complexity index is 320. The average molecular weight is 191 g/mol. The molecule has 3 N–H and O–H groups in total. The molecule has 0 atom stereocenters. The van der Waals surface area contributed by atoms with Crippen molar-refractivity contribution < 1.29 is 0 Å². The van der Waals surface area contributed by atoms with Crippen LogP contribution in [0.5, 0.6) is 0 Å². The Kier molecular flexibility index (Phi) is 3.51. The van der Waals surface area contributed by atoms with Gasteiger partial charge in [-0.05, 0) is 18.6 Å². The first kappa shape index (κ1) is 10.6. The van der Waals surface area contributed by atoms with Crippen molar-refractivity contribution in [3.05, 3.63) is 29.8 Å². The lowest BCUT2D eigenvalue weighted by Crippen LogP contribution is -2.22. The van der Waals surface area contributed by atoms with Crippen LogP contribution in [-0.2, 0) is 0 Å². The third-order valence-corrected chi connectivity index (χ3v) is 2.16. The van der Waals surface area contributed by atoms with Crippen LogP contribution in [0.3, 0.4) is 0 Å². The van der Waals surface area contributed by atoms with Gasteiger partial charge < -0.3 is 10.6 Å². The van der Waals surface area contributed by atoms with Gasteiger partial charge in [-0.15, -0.1) is 0 Å². The zero-order valence-electron chi connectivity index (χ0n) is 8.75. The Morgan fingerprint density at radius 1 is 1.43 bits per heavy atom. The van der Waals surface area contributed by atoms with Gasteiger partial charge in [0.25, 0.3) is 0 Å². The van der Waals surface area contributed by atoms with Crippen molar-refractivity contribution in [1.29, 1.82) is 5.41 Å². The quantitative estimate of drug-likeness (QED) is 0.563. The number of nitrogens with one attached hydrogen (secondary N) is 1. The van der Waals surface area contributed by atoms with Gasteiger partial charge in [-0.25, -0.2) is 0 Å². The van der Waals surface area contributed by atoms with E-state index in [0.29, 0.717) is 0 Å². The van der Waals surface area contributed by atoms with Crippen LogP contribution in [0.1, 0.15) is 18.9 Å². The van der Waals surface area contributed by atoms with E-state index in [1.54, 1.807) is 0 Å². The largest absolute Gasteiger partial charge is 0.384 e.